The van der Waals surface area contributed by atoms with Gasteiger partial charge in [0.25, 0.3) is 5.56 Å². The zero-order valence-electron chi connectivity index (χ0n) is 18.9. The minimum absolute atomic E-state index is 0.141. The maximum atomic E-state index is 13.5. The molecule has 0 bridgehead atoms. The summed E-state index contributed by atoms with van der Waals surface area (Å²) in [7, 11) is 1.71. The minimum atomic E-state index is -0.381. The topological polar surface area (TPSA) is 77.6 Å². The highest BCUT2D eigenvalue weighted by molar-refractivity contribution is 6.30. The van der Waals surface area contributed by atoms with Gasteiger partial charge >= 0.3 is 0 Å². The lowest BCUT2D eigenvalue weighted by molar-refractivity contribution is -0.116. The van der Waals surface area contributed by atoms with E-state index in [1.807, 2.05) is 77.2 Å². The summed E-state index contributed by atoms with van der Waals surface area (Å²) in [5.41, 5.74) is 3.86. The monoisotopic (exact) mass is 484 g/mol. The Morgan fingerprint density at radius 2 is 1.77 bits per heavy atom. The smallest absolute Gasteiger partial charge is 0.260 e. The first kappa shape index (κ1) is 21.4. The van der Waals surface area contributed by atoms with Crippen LogP contribution in [0.15, 0.2) is 77.6 Å². The molecule has 3 aromatic carbocycles. The molecular weight excluding hydrogens is 464 g/mol. The number of fused-ring (bicyclic) bond motifs is 5. The quantitative estimate of drug-likeness (QED) is 0.394. The van der Waals surface area contributed by atoms with Crippen LogP contribution in [-0.2, 0) is 18.4 Å². The van der Waals surface area contributed by atoms with Gasteiger partial charge in [-0.05, 0) is 47.5 Å². The SMILES string of the molecule is Cn1c(=O)c2c(n3c4ccccc4nc13)NC(=O)C[C@@H]2c1ccc(OCc2ccc(Cl)cc2)cc1. The van der Waals surface area contributed by atoms with Crippen LogP contribution in [0.3, 0.4) is 0 Å². The molecule has 1 amide bonds. The molecule has 0 spiro atoms. The molecule has 6 rings (SSSR count). The van der Waals surface area contributed by atoms with Gasteiger partial charge in [-0.25, -0.2) is 4.98 Å². The van der Waals surface area contributed by atoms with Gasteiger partial charge in [0.1, 0.15) is 18.2 Å². The summed E-state index contributed by atoms with van der Waals surface area (Å²) >= 11 is 5.94. The second kappa shape index (κ2) is 8.29. The fourth-order valence-corrected chi connectivity index (χ4v) is 4.81. The summed E-state index contributed by atoms with van der Waals surface area (Å²) in [6.07, 6.45) is 0.186. The second-order valence-electron chi connectivity index (χ2n) is 8.65. The van der Waals surface area contributed by atoms with Crippen molar-refractivity contribution in [1.29, 1.82) is 0 Å². The van der Waals surface area contributed by atoms with Crippen molar-refractivity contribution in [2.75, 3.05) is 5.32 Å². The number of aromatic nitrogens is 3. The zero-order chi connectivity index (χ0) is 24.1. The fourth-order valence-electron chi connectivity index (χ4n) is 4.69. The summed E-state index contributed by atoms with van der Waals surface area (Å²) in [6.45, 7) is 0.414. The highest BCUT2D eigenvalue weighted by atomic mass is 35.5. The van der Waals surface area contributed by atoms with Gasteiger partial charge in [0.15, 0.2) is 0 Å². The van der Waals surface area contributed by atoms with Gasteiger partial charge in [-0.3, -0.25) is 18.6 Å². The zero-order valence-corrected chi connectivity index (χ0v) is 19.6. The molecule has 35 heavy (non-hydrogen) atoms. The summed E-state index contributed by atoms with van der Waals surface area (Å²) in [4.78, 5) is 30.9. The van der Waals surface area contributed by atoms with Crippen molar-refractivity contribution in [3.8, 4) is 5.75 Å². The number of nitrogens with one attached hydrogen (secondary N) is 1. The van der Waals surface area contributed by atoms with Crippen LogP contribution in [0, 0.1) is 0 Å². The Balaban J connectivity index is 1.39. The predicted molar refractivity (Wildman–Crippen MR) is 135 cm³/mol. The Bertz CT molecular complexity index is 1650. The fraction of sp³-hybridized carbons (Fsp3) is 0.148. The highest BCUT2D eigenvalue weighted by Crippen LogP contribution is 2.37. The summed E-state index contributed by atoms with van der Waals surface area (Å²) in [5.74, 6) is 1.15. The van der Waals surface area contributed by atoms with Crippen LogP contribution in [0.2, 0.25) is 5.02 Å². The molecule has 1 atom stereocenters. The minimum Gasteiger partial charge on any atom is -0.489 e. The average molecular weight is 485 g/mol. The molecule has 3 heterocycles. The normalized spacial score (nSPS) is 15.3. The number of aryl methyl sites for hydroxylation is 1. The van der Waals surface area contributed by atoms with Crippen molar-refractivity contribution in [3.05, 3.63) is 105 Å². The van der Waals surface area contributed by atoms with Crippen molar-refractivity contribution >= 4 is 40.1 Å². The van der Waals surface area contributed by atoms with E-state index in [1.54, 1.807) is 11.6 Å². The van der Waals surface area contributed by atoms with E-state index in [0.29, 0.717) is 34.5 Å². The molecule has 0 unspecified atom stereocenters. The predicted octanol–water partition coefficient (Wildman–Crippen LogP) is 4.89. The maximum absolute atomic E-state index is 13.5. The average Bonchev–Trinajstić information content (AvgIpc) is 3.27. The molecule has 5 aromatic rings. The Morgan fingerprint density at radius 3 is 2.54 bits per heavy atom. The van der Waals surface area contributed by atoms with Crippen molar-refractivity contribution in [2.45, 2.75) is 18.9 Å². The largest absolute Gasteiger partial charge is 0.489 e. The molecule has 174 valence electrons. The standard InChI is InChI=1S/C27H21ClN4O3/c1-31-26(34)24-20(17-8-12-19(13-9-17)35-15-16-6-10-18(28)11-7-16)14-23(33)30-25(24)32-22-5-3-2-4-21(22)29-27(31)32/h2-13,20H,14-15H2,1H3,(H,30,33)/t20-/m1/s1. The molecule has 1 aliphatic heterocycles. The Morgan fingerprint density at radius 1 is 1.03 bits per heavy atom. The van der Waals surface area contributed by atoms with Crippen LogP contribution >= 0.6 is 11.6 Å². The first-order chi connectivity index (χ1) is 17.0. The van der Waals surface area contributed by atoms with E-state index in [9.17, 15) is 9.59 Å². The van der Waals surface area contributed by atoms with Gasteiger partial charge in [-0.15, -0.1) is 0 Å². The molecule has 2 aromatic heterocycles. The molecule has 0 saturated carbocycles. The van der Waals surface area contributed by atoms with Crippen LogP contribution in [0.1, 0.15) is 29.0 Å². The van der Waals surface area contributed by atoms with Crippen LogP contribution < -0.4 is 15.6 Å². The second-order valence-corrected chi connectivity index (χ2v) is 9.09. The number of anilines is 1. The third-order valence-corrected chi connectivity index (χ3v) is 6.71. The lowest BCUT2D eigenvalue weighted by atomic mass is 9.86. The van der Waals surface area contributed by atoms with Gasteiger partial charge in [0, 0.05) is 24.4 Å². The molecule has 0 saturated heterocycles. The van der Waals surface area contributed by atoms with Crippen LogP contribution in [0.25, 0.3) is 16.8 Å². The Hall–Kier alpha value is -4.10. The number of hydrogen-bond donors (Lipinski definition) is 1. The summed E-state index contributed by atoms with van der Waals surface area (Å²) in [5, 5.41) is 3.62. The van der Waals surface area contributed by atoms with E-state index in [4.69, 9.17) is 16.3 Å². The maximum Gasteiger partial charge on any atom is 0.260 e. The van der Waals surface area contributed by atoms with Gasteiger partial charge in [-0.2, -0.15) is 0 Å². The molecule has 7 nitrogen and oxygen atoms in total. The third kappa shape index (κ3) is 3.65. The molecule has 0 aliphatic carbocycles. The number of carbonyl (C=O) groups excluding carboxylic acids is 1. The number of amides is 1. The van der Waals surface area contributed by atoms with Crippen molar-refractivity contribution < 1.29 is 9.53 Å². The summed E-state index contributed by atoms with van der Waals surface area (Å²) in [6, 6.07) is 22.7. The Kier molecular flexibility index (Phi) is 5.07. The van der Waals surface area contributed by atoms with Crippen molar-refractivity contribution in [2.24, 2.45) is 7.05 Å². The molecule has 0 radical (unpaired) electrons. The van der Waals surface area contributed by atoms with Crippen molar-refractivity contribution in [3.63, 3.8) is 0 Å². The van der Waals surface area contributed by atoms with Crippen molar-refractivity contribution in [1.82, 2.24) is 14.0 Å². The number of nitrogens with zero attached hydrogens (tertiary/aromatic N) is 3. The lowest BCUT2D eigenvalue weighted by Gasteiger charge is -2.27. The van der Waals surface area contributed by atoms with E-state index < -0.39 is 0 Å². The van der Waals surface area contributed by atoms with Gasteiger partial charge in [0.2, 0.25) is 11.7 Å². The number of halogens is 1. The third-order valence-electron chi connectivity index (χ3n) is 6.45. The molecule has 1 aliphatic rings. The summed E-state index contributed by atoms with van der Waals surface area (Å²) < 4.78 is 9.31. The number of hydrogen-bond acceptors (Lipinski definition) is 4. The number of benzene rings is 3. The van der Waals surface area contributed by atoms with E-state index in [2.05, 4.69) is 10.3 Å². The number of imidazole rings is 1. The highest BCUT2D eigenvalue weighted by Gasteiger charge is 2.33. The lowest BCUT2D eigenvalue weighted by Crippen LogP contribution is -2.35. The van der Waals surface area contributed by atoms with E-state index in [0.717, 1.165) is 22.2 Å². The van der Waals surface area contributed by atoms with Crippen LogP contribution in [0.4, 0.5) is 5.82 Å². The first-order valence-corrected chi connectivity index (χ1v) is 11.6. The van der Waals surface area contributed by atoms with Gasteiger partial charge in [0.05, 0.1) is 16.6 Å². The number of ether oxygens (including phenoxy) is 1. The van der Waals surface area contributed by atoms with E-state index in [1.165, 1.54) is 0 Å². The molecular formula is C27H21ClN4O3. The molecule has 0 fully saturated rings. The van der Waals surface area contributed by atoms with Gasteiger partial charge < -0.3 is 10.1 Å². The van der Waals surface area contributed by atoms with Crippen LogP contribution in [0.5, 0.6) is 5.75 Å². The number of carbonyl (C=O) groups is 1. The number of rotatable bonds is 4. The van der Waals surface area contributed by atoms with Crippen LogP contribution in [-0.4, -0.2) is 19.9 Å². The molecule has 8 heteroatoms. The van der Waals surface area contributed by atoms with Gasteiger partial charge in [-0.1, -0.05) is 48.0 Å². The first-order valence-electron chi connectivity index (χ1n) is 11.3. The Labute approximate surface area is 205 Å². The van der Waals surface area contributed by atoms with E-state index in [-0.39, 0.29) is 23.8 Å². The van der Waals surface area contributed by atoms with E-state index >= 15 is 0 Å². The molecule has 1 N–H and O–H groups in total. The number of para-hydroxylation sites is 2.